The van der Waals surface area contributed by atoms with Crippen LogP contribution < -0.4 is 5.32 Å². The van der Waals surface area contributed by atoms with Crippen molar-refractivity contribution < 1.29 is 14.3 Å². The van der Waals surface area contributed by atoms with Crippen LogP contribution in [0.4, 0.5) is 5.69 Å². The molecule has 0 bridgehead atoms. The van der Waals surface area contributed by atoms with Gasteiger partial charge < -0.3 is 15.0 Å². The second kappa shape index (κ2) is 8.47. The Morgan fingerprint density at radius 3 is 2.81 bits per heavy atom. The highest BCUT2D eigenvalue weighted by atomic mass is 32.1. The van der Waals surface area contributed by atoms with E-state index in [1.54, 1.807) is 11.0 Å². The Kier molecular flexibility index (Phi) is 6.06. The van der Waals surface area contributed by atoms with Gasteiger partial charge in [0.1, 0.15) is 6.54 Å². The van der Waals surface area contributed by atoms with Gasteiger partial charge in [-0.05, 0) is 55.3 Å². The van der Waals surface area contributed by atoms with Crippen molar-refractivity contribution in [2.75, 3.05) is 25.0 Å². The average molecular weight is 372 g/mol. The standard InChI is InChI=1S/C20H24N2O3S/c1-14-6-3-8-17(15(14)2)21-19(23)13-22(12-16-7-4-10-25-16)20(24)18-9-5-11-26-18/h3,5-6,8-9,11,16H,4,7,10,12-13H2,1-2H3,(H,21,23)/t16-/m0/s1. The van der Waals surface area contributed by atoms with Gasteiger partial charge in [0, 0.05) is 18.8 Å². The molecule has 6 heteroatoms. The molecule has 1 aromatic heterocycles. The van der Waals surface area contributed by atoms with Crippen LogP contribution in [0, 0.1) is 13.8 Å². The highest BCUT2D eigenvalue weighted by Gasteiger charge is 2.25. The molecular formula is C20H24N2O3S. The summed E-state index contributed by atoms with van der Waals surface area (Å²) in [6.07, 6.45) is 1.93. The van der Waals surface area contributed by atoms with Gasteiger partial charge in [0.2, 0.25) is 5.91 Å². The number of anilines is 1. The van der Waals surface area contributed by atoms with Crippen LogP contribution in [0.5, 0.6) is 0 Å². The number of amides is 2. The van der Waals surface area contributed by atoms with Crippen LogP contribution in [-0.2, 0) is 9.53 Å². The van der Waals surface area contributed by atoms with E-state index < -0.39 is 0 Å². The van der Waals surface area contributed by atoms with Crippen molar-refractivity contribution >= 4 is 28.8 Å². The van der Waals surface area contributed by atoms with Gasteiger partial charge in [0.25, 0.3) is 5.91 Å². The molecule has 3 rings (SSSR count). The second-order valence-corrected chi connectivity index (χ2v) is 7.54. The molecule has 138 valence electrons. The molecule has 0 saturated carbocycles. The van der Waals surface area contributed by atoms with Crippen molar-refractivity contribution in [3.63, 3.8) is 0 Å². The maximum atomic E-state index is 12.8. The van der Waals surface area contributed by atoms with Gasteiger partial charge in [-0.1, -0.05) is 18.2 Å². The Morgan fingerprint density at radius 2 is 2.12 bits per heavy atom. The van der Waals surface area contributed by atoms with E-state index in [2.05, 4.69) is 5.32 Å². The van der Waals surface area contributed by atoms with Gasteiger partial charge in [0.15, 0.2) is 0 Å². The summed E-state index contributed by atoms with van der Waals surface area (Å²) in [5.74, 6) is -0.312. The van der Waals surface area contributed by atoms with Crippen molar-refractivity contribution in [2.24, 2.45) is 0 Å². The summed E-state index contributed by atoms with van der Waals surface area (Å²) in [5, 5.41) is 4.81. The summed E-state index contributed by atoms with van der Waals surface area (Å²) in [6.45, 7) is 5.17. The number of carbonyl (C=O) groups is 2. The van der Waals surface area contributed by atoms with E-state index in [-0.39, 0.29) is 24.5 Å². The molecule has 2 heterocycles. The molecule has 0 radical (unpaired) electrons. The minimum atomic E-state index is -0.193. The molecule has 1 aliphatic rings. The van der Waals surface area contributed by atoms with Crippen LogP contribution in [0.25, 0.3) is 0 Å². The monoisotopic (exact) mass is 372 g/mol. The van der Waals surface area contributed by atoms with Gasteiger partial charge in [-0.15, -0.1) is 11.3 Å². The van der Waals surface area contributed by atoms with E-state index >= 15 is 0 Å². The molecular weight excluding hydrogens is 348 g/mol. The summed E-state index contributed by atoms with van der Waals surface area (Å²) in [7, 11) is 0. The fourth-order valence-corrected chi connectivity index (χ4v) is 3.75. The van der Waals surface area contributed by atoms with Crippen molar-refractivity contribution in [3.8, 4) is 0 Å². The number of benzene rings is 1. The van der Waals surface area contributed by atoms with Crippen molar-refractivity contribution in [2.45, 2.75) is 32.8 Å². The van der Waals surface area contributed by atoms with Crippen molar-refractivity contribution in [1.29, 1.82) is 0 Å². The topological polar surface area (TPSA) is 58.6 Å². The largest absolute Gasteiger partial charge is 0.376 e. The van der Waals surface area contributed by atoms with E-state index in [0.717, 1.165) is 36.3 Å². The van der Waals surface area contributed by atoms with Gasteiger partial charge in [-0.2, -0.15) is 0 Å². The molecule has 2 amide bonds. The lowest BCUT2D eigenvalue weighted by molar-refractivity contribution is -0.117. The first-order valence-corrected chi connectivity index (χ1v) is 9.73. The Labute approximate surface area is 158 Å². The number of nitrogens with one attached hydrogen (secondary N) is 1. The first-order chi connectivity index (χ1) is 12.5. The van der Waals surface area contributed by atoms with E-state index in [9.17, 15) is 9.59 Å². The molecule has 5 nitrogen and oxygen atoms in total. The number of ether oxygens (including phenoxy) is 1. The zero-order valence-electron chi connectivity index (χ0n) is 15.2. The predicted octanol–water partition coefficient (Wildman–Crippen LogP) is 3.62. The summed E-state index contributed by atoms with van der Waals surface area (Å²) in [4.78, 5) is 27.6. The van der Waals surface area contributed by atoms with Gasteiger partial charge in [0.05, 0.1) is 11.0 Å². The molecule has 1 atom stereocenters. The summed E-state index contributed by atoms with van der Waals surface area (Å²) < 4.78 is 5.66. The van der Waals surface area contributed by atoms with Crippen LogP contribution in [0.3, 0.4) is 0 Å². The number of carbonyl (C=O) groups excluding carboxylic acids is 2. The van der Waals surface area contributed by atoms with Crippen molar-refractivity contribution in [1.82, 2.24) is 4.90 Å². The molecule has 1 aromatic carbocycles. The number of thiophene rings is 1. The fourth-order valence-electron chi connectivity index (χ4n) is 3.06. The van der Waals surface area contributed by atoms with Crippen LogP contribution in [0.2, 0.25) is 0 Å². The summed E-state index contributed by atoms with van der Waals surface area (Å²) >= 11 is 1.39. The van der Waals surface area contributed by atoms with E-state index in [1.165, 1.54) is 11.3 Å². The fraction of sp³-hybridized carbons (Fsp3) is 0.400. The minimum absolute atomic E-state index is 0.00687. The molecule has 1 aliphatic heterocycles. The SMILES string of the molecule is Cc1cccc(NC(=O)CN(C[C@@H]2CCCO2)C(=O)c2cccs2)c1C. The number of aryl methyl sites for hydroxylation is 1. The number of rotatable bonds is 6. The minimum Gasteiger partial charge on any atom is -0.376 e. The van der Waals surface area contributed by atoms with Gasteiger partial charge in [-0.25, -0.2) is 0 Å². The third-order valence-electron chi connectivity index (χ3n) is 4.68. The van der Waals surface area contributed by atoms with Crippen LogP contribution in [0.1, 0.15) is 33.6 Å². The summed E-state index contributed by atoms with van der Waals surface area (Å²) in [6, 6.07) is 9.44. The Morgan fingerprint density at radius 1 is 1.27 bits per heavy atom. The molecule has 26 heavy (non-hydrogen) atoms. The zero-order chi connectivity index (χ0) is 18.5. The number of nitrogens with zero attached hydrogens (tertiary/aromatic N) is 1. The lowest BCUT2D eigenvalue weighted by Crippen LogP contribution is -2.42. The molecule has 0 aliphatic carbocycles. The van der Waals surface area contributed by atoms with Crippen molar-refractivity contribution in [3.05, 3.63) is 51.7 Å². The molecule has 0 spiro atoms. The highest BCUT2D eigenvalue weighted by molar-refractivity contribution is 7.12. The van der Waals surface area contributed by atoms with Crippen LogP contribution in [-0.4, -0.2) is 42.5 Å². The van der Waals surface area contributed by atoms with E-state index in [4.69, 9.17) is 4.74 Å². The molecule has 1 fully saturated rings. The number of hydrogen-bond donors (Lipinski definition) is 1. The normalized spacial score (nSPS) is 16.5. The Balaban J connectivity index is 1.70. The average Bonchev–Trinajstić information content (AvgIpc) is 3.31. The Bertz CT molecular complexity index is 767. The van der Waals surface area contributed by atoms with Gasteiger partial charge >= 0.3 is 0 Å². The van der Waals surface area contributed by atoms with Crippen LogP contribution in [0.15, 0.2) is 35.7 Å². The second-order valence-electron chi connectivity index (χ2n) is 6.59. The molecule has 1 N–H and O–H groups in total. The lowest BCUT2D eigenvalue weighted by Gasteiger charge is -2.24. The third kappa shape index (κ3) is 4.51. The Hall–Kier alpha value is -2.18. The maximum Gasteiger partial charge on any atom is 0.264 e. The predicted molar refractivity (Wildman–Crippen MR) is 104 cm³/mol. The smallest absolute Gasteiger partial charge is 0.264 e. The van der Waals surface area contributed by atoms with E-state index in [0.29, 0.717) is 11.4 Å². The lowest BCUT2D eigenvalue weighted by atomic mass is 10.1. The molecule has 1 saturated heterocycles. The van der Waals surface area contributed by atoms with Gasteiger partial charge in [-0.3, -0.25) is 9.59 Å². The first-order valence-electron chi connectivity index (χ1n) is 8.85. The number of hydrogen-bond acceptors (Lipinski definition) is 4. The molecule has 2 aromatic rings. The quantitative estimate of drug-likeness (QED) is 0.842. The zero-order valence-corrected chi connectivity index (χ0v) is 16.0. The molecule has 0 unspecified atom stereocenters. The summed E-state index contributed by atoms with van der Waals surface area (Å²) in [5.41, 5.74) is 2.94. The first kappa shape index (κ1) is 18.6. The highest BCUT2D eigenvalue weighted by Crippen LogP contribution is 2.19. The maximum absolute atomic E-state index is 12.8. The third-order valence-corrected chi connectivity index (χ3v) is 5.54. The van der Waals surface area contributed by atoms with E-state index in [1.807, 2.05) is 43.5 Å². The van der Waals surface area contributed by atoms with Crippen LogP contribution >= 0.6 is 11.3 Å².